The third-order valence-corrected chi connectivity index (χ3v) is 5.42. The molecule has 0 bridgehead atoms. The van der Waals surface area contributed by atoms with Crippen LogP contribution in [0.5, 0.6) is 0 Å². The van der Waals surface area contributed by atoms with E-state index in [1.807, 2.05) is 6.92 Å². The molecule has 2 aliphatic rings. The molecule has 0 radical (unpaired) electrons. The smallest absolute Gasteiger partial charge is 0.326 e. The van der Waals surface area contributed by atoms with Gasteiger partial charge in [0.15, 0.2) is 0 Å². The third-order valence-electron chi connectivity index (χ3n) is 5.42. The second kappa shape index (κ2) is 8.75. The number of imide groups is 1. The third kappa shape index (κ3) is 4.90. The maximum atomic E-state index is 12.4. The lowest BCUT2D eigenvalue weighted by molar-refractivity contribution is -0.159. The number of Topliss-reactive ketones (excluding diaryl/α,β-unsaturated/α-hetero) is 1. The fraction of sp³-hybridized carbons (Fsp3) is 0.789. The summed E-state index contributed by atoms with van der Waals surface area (Å²) in [6.45, 7) is 5.44. The predicted octanol–water partition coefficient (Wildman–Crippen LogP) is 1.32. The minimum absolute atomic E-state index is 0.0620. The van der Waals surface area contributed by atoms with Gasteiger partial charge in [-0.3, -0.25) is 24.1 Å². The molecule has 0 spiro atoms. The molecule has 2 rings (SSSR count). The minimum atomic E-state index is -0.838. The van der Waals surface area contributed by atoms with Crippen molar-refractivity contribution in [2.45, 2.75) is 59.0 Å². The Morgan fingerprint density at radius 2 is 1.81 bits per heavy atom. The summed E-state index contributed by atoms with van der Waals surface area (Å²) in [6, 6.07) is 0. The topological polar surface area (TPSA) is 101 Å². The fourth-order valence-electron chi connectivity index (χ4n) is 4.19. The first-order valence-electron chi connectivity index (χ1n) is 9.43. The molecule has 2 unspecified atom stereocenters. The number of carbonyl (C=O) groups is 4. The molecule has 1 saturated heterocycles. The molecule has 4 atom stereocenters. The first-order chi connectivity index (χ1) is 12.2. The van der Waals surface area contributed by atoms with Crippen LogP contribution in [0.4, 0.5) is 0 Å². The van der Waals surface area contributed by atoms with Crippen molar-refractivity contribution < 1.29 is 29.0 Å². The number of likely N-dealkylation sites (tertiary alicyclic amines) is 1. The zero-order valence-corrected chi connectivity index (χ0v) is 15.8. The standard InChI is InChI=1S/C19H29NO6/c1-4-26-18(24)10-20-16(22)8-13(9-17(20)23)7-15(21)14-6-11(2)5-12(3)19(14)25/h11-15,21H,4-10H2,1-3H3/t11-,12?,14?,15+/m0/s1. The second-order valence-electron chi connectivity index (χ2n) is 7.74. The van der Waals surface area contributed by atoms with Gasteiger partial charge in [0.2, 0.25) is 11.8 Å². The highest BCUT2D eigenvalue weighted by Crippen LogP contribution is 2.35. The highest BCUT2D eigenvalue weighted by molar-refractivity contribution is 6.00. The molecule has 0 aromatic heterocycles. The van der Waals surface area contributed by atoms with E-state index in [0.717, 1.165) is 11.3 Å². The van der Waals surface area contributed by atoms with Gasteiger partial charge in [0.05, 0.1) is 12.7 Å². The van der Waals surface area contributed by atoms with Crippen LogP contribution >= 0.6 is 0 Å². The number of rotatable bonds is 6. The average molecular weight is 367 g/mol. The van der Waals surface area contributed by atoms with Gasteiger partial charge in [-0.15, -0.1) is 0 Å². The van der Waals surface area contributed by atoms with Crippen LogP contribution in [0.2, 0.25) is 0 Å². The van der Waals surface area contributed by atoms with E-state index in [-0.39, 0.29) is 50.0 Å². The number of ketones is 1. The Bertz CT molecular complexity index is 556. The van der Waals surface area contributed by atoms with Gasteiger partial charge in [-0.25, -0.2) is 0 Å². The number of esters is 1. The summed E-state index contributed by atoms with van der Waals surface area (Å²) in [5, 5.41) is 10.6. The lowest BCUT2D eigenvalue weighted by Crippen LogP contribution is -2.47. The Hall–Kier alpha value is -1.76. The summed E-state index contributed by atoms with van der Waals surface area (Å²) in [4.78, 5) is 49.3. The highest BCUT2D eigenvalue weighted by Gasteiger charge is 2.40. The molecule has 1 heterocycles. The lowest BCUT2D eigenvalue weighted by atomic mass is 9.71. The van der Waals surface area contributed by atoms with Gasteiger partial charge in [0.25, 0.3) is 0 Å². The van der Waals surface area contributed by atoms with Crippen LogP contribution in [-0.2, 0) is 23.9 Å². The molecule has 0 aromatic carbocycles. The van der Waals surface area contributed by atoms with Crippen LogP contribution in [0.1, 0.15) is 52.9 Å². The number of amides is 2. The van der Waals surface area contributed by atoms with Crippen LogP contribution < -0.4 is 0 Å². The van der Waals surface area contributed by atoms with Crippen LogP contribution in [0.15, 0.2) is 0 Å². The van der Waals surface area contributed by atoms with Gasteiger partial charge < -0.3 is 9.84 Å². The quantitative estimate of drug-likeness (QED) is 0.561. The van der Waals surface area contributed by atoms with Gasteiger partial charge in [0.1, 0.15) is 12.3 Å². The molecule has 7 heteroatoms. The minimum Gasteiger partial charge on any atom is -0.465 e. The monoisotopic (exact) mass is 367 g/mol. The van der Waals surface area contributed by atoms with E-state index in [1.165, 1.54) is 0 Å². The normalized spacial score (nSPS) is 29.0. The summed E-state index contributed by atoms with van der Waals surface area (Å²) >= 11 is 0. The number of piperidine rings is 1. The van der Waals surface area contributed by atoms with Crippen molar-refractivity contribution in [3.05, 3.63) is 0 Å². The van der Waals surface area contributed by atoms with E-state index in [0.29, 0.717) is 12.3 Å². The zero-order valence-electron chi connectivity index (χ0n) is 15.8. The number of aliphatic hydroxyl groups is 1. The van der Waals surface area contributed by atoms with Crippen LogP contribution in [0.3, 0.4) is 0 Å². The van der Waals surface area contributed by atoms with E-state index in [9.17, 15) is 24.3 Å². The molecule has 146 valence electrons. The number of aliphatic hydroxyl groups excluding tert-OH is 1. The maximum Gasteiger partial charge on any atom is 0.326 e. The van der Waals surface area contributed by atoms with Crippen molar-refractivity contribution in [3.63, 3.8) is 0 Å². The molecular weight excluding hydrogens is 338 g/mol. The first-order valence-corrected chi connectivity index (χ1v) is 9.43. The van der Waals surface area contributed by atoms with Gasteiger partial charge in [-0.1, -0.05) is 13.8 Å². The predicted molar refractivity (Wildman–Crippen MR) is 92.8 cm³/mol. The highest BCUT2D eigenvalue weighted by atomic mass is 16.5. The van der Waals surface area contributed by atoms with Crippen molar-refractivity contribution >= 4 is 23.6 Å². The SMILES string of the molecule is CCOC(=O)CN1C(=O)CC(C[C@@H](O)C2C[C@@H](C)CC(C)C2=O)CC1=O. The van der Waals surface area contributed by atoms with E-state index in [4.69, 9.17) is 4.74 Å². The lowest BCUT2D eigenvalue weighted by Gasteiger charge is -2.35. The molecule has 26 heavy (non-hydrogen) atoms. The Labute approximate surface area is 154 Å². The van der Waals surface area contributed by atoms with Gasteiger partial charge in [-0.2, -0.15) is 0 Å². The average Bonchev–Trinajstić information content (AvgIpc) is 2.54. The molecule has 2 fully saturated rings. The summed E-state index contributed by atoms with van der Waals surface area (Å²) in [5.74, 6) is -1.80. The summed E-state index contributed by atoms with van der Waals surface area (Å²) in [6.07, 6.45) is 1.08. The summed E-state index contributed by atoms with van der Waals surface area (Å²) in [5.41, 5.74) is 0. The van der Waals surface area contributed by atoms with Crippen molar-refractivity contribution in [2.24, 2.45) is 23.7 Å². The zero-order chi connectivity index (χ0) is 19.4. The molecule has 2 amide bonds. The van der Waals surface area contributed by atoms with Crippen molar-refractivity contribution in [1.82, 2.24) is 4.90 Å². The fourth-order valence-corrected chi connectivity index (χ4v) is 4.19. The molecule has 1 saturated carbocycles. The Balaban J connectivity index is 1.93. The number of carbonyl (C=O) groups excluding carboxylic acids is 4. The van der Waals surface area contributed by atoms with Crippen LogP contribution in [0.25, 0.3) is 0 Å². The summed E-state index contributed by atoms with van der Waals surface area (Å²) in [7, 11) is 0. The maximum absolute atomic E-state index is 12.4. The van der Waals surface area contributed by atoms with Crippen LogP contribution in [-0.4, -0.2) is 52.8 Å². The second-order valence-corrected chi connectivity index (χ2v) is 7.74. The number of ether oxygens (including phenoxy) is 1. The van der Waals surface area contributed by atoms with Crippen LogP contribution in [0, 0.1) is 23.7 Å². The van der Waals surface area contributed by atoms with Crippen molar-refractivity contribution in [2.75, 3.05) is 13.2 Å². The Morgan fingerprint density at radius 1 is 1.19 bits per heavy atom. The van der Waals surface area contributed by atoms with Crippen molar-refractivity contribution in [1.29, 1.82) is 0 Å². The van der Waals surface area contributed by atoms with Gasteiger partial charge >= 0.3 is 5.97 Å². The van der Waals surface area contributed by atoms with Gasteiger partial charge in [0, 0.05) is 24.7 Å². The van der Waals surface area contributed by atoms with E-state index < -0.39 is 29.8 Å². The van der Waals surface area contributed by atoms with E-state index in [1.54, 1.807) is 6.92 Å². The first kappa shape index (κ1) is 20.6. The van der Waals surface area contributed by atoms with Gasteiger partial charge in [-0.05, 0) is 38.0 Å². The number of hydrogen-bond donors (Lipinski definition) is 1. The Morgan fingerprint density at radius 3 is 2.38 bits per heavy atom. The van der Waals surface area contributed by atoms with Crippen molar-refractivity contribution in [3.8, 4) is 0 Å². The number of nitrogens with zero attached hydrogens (tertiary/aromatic N) is 1. The van der Waals surface area contributed by atoms with E-state index >= 15 is 0 Å². The van der Waals surface area contributed by atoms with E-state index in [2.05, 4.69) is 6.92 Å². The molecule has 1 N–H and O–H groups in total. The molecule has 0 aromatic rings. The summed E-state index contributed by atoms with van der Waals surface area (Å²) < 4.78 is 4.78. The molecule has 1 aliphatic heterocycles. The molecular formula is C19H29NO6. The number of hydrogen-bond acceptors (Lipinski definition) is 6. The molecule has 1 aliphatic carbocycles. The Kier molecular flexibility index (Phi) is 6.92. The molecule has 7 nitrogen and oxygen atoms in total. The largest absolute Gasteiger partial charge is 0.465 e.